The molecule has 29 heavy (non-hydrogen) atoms. The molecule has 3 aromatic rings. The number of carbonyl (C=O) groups excluding carboxylic acids is 1. The van der Waals surface area contributed by atoms with Crippen molar-refractivity contribution in [3.8, 4) is 11.3 Å². The summed E-state index contributed by atoms with van der Waals surface area (Å²) < 4.78 is 1.85. The number of pyridine rings is 1. The van der Waals surface area contributed by atoms with Gasteiger partial charge in [0.05, 0.1) is 22.8 Å². The Kier molecular flexibility index (Phi) is 8.21. The monoisotopic (exact) mass is 437 g/mol. The molecule has 1 aromatic carbocycles. The molecule has 0 saturated heterocycles. The van der Waals surface area contributed by atoms with Crippen molar-refractivity contribution in [2.24, 2.45) is 5.73 Å². The van der Waals surface area contributed by atoms with Crippen LogP contribution in [0.25, 0.3) is 22.3 Å². The standard InChI is InChI=1S/C21H27N5O.2ClH/c1-13(2)26-19-17(11-24-26)16(20(27)23-12-21(4,5)22)10-18(25-19)15-9-7-6-8-14(15)3;;/h6-11,13H,12,22H2,1-5H3,(H,23,27);2*1H. The van der Waals surface area contributed by atoms with E-state index in [0.717, 1.165) is 22.2 Å². The largest absolute Gasteiger partial charge is 0.350 e. The molecule has 3 N–H and O–H groups in total. The van der Waals surface area contributed by atoms with Gasteiger partial charge in [0, 0.05) is 23.7 Å². The van der Waals surface area contributed by atoms with Gasteiger partial charge in [-0.2, -0.15) is 5.10 Å². The quantitative estimate of drug-likeness (QED) is 0.622. The third-order valence-corrected chi connectivity index (χ3v) is 4.43. The Morgan fingerprint density at radius 2 is 1.90 bits per heavy atom. The van der Waals surface area contributed by atoms with E-state index in [1.807, 2.05) is 69.6 Å². The highest BCUT2D eigenvalue weighted by molar-refractivity contribution is 6.06. The zero-order valence-electron chi connectivity index (χ0n) is 17.4. The molecule has 0 fully saturated rings. The van der Waals surface area contributed by atoms with E-state index in [1.54, 1.807) is 6.20 Å². The van der Waals surface area contributed by atoms with Crippen molar-refractivity contribution in [1.29, 1.82) is 0 Å². The van der Waals surface area contributed by atoms with Crippen LogP contribution in [0, 0.1) is 6.92 Å². The fourth-order valence-corrected chi connectivity index (χ4v) is 2.99. The molecule has 6 nitrogen and oxygen atoms in total. The Hall–Kier alpha value is -2.15. The number of nitrogens with one attached hydrogen (secondary N) is 1. The summed E-state index contributed by atoms with van der Waals surface area (Å²) in [6.07, 6.45) is 1.71. The number of nitrogens with zero attached hydrogens (tertiary/aromatic N) is 3. The van der Waals surface area contributed by atoms with Gasteiger partial charge in [0.25, 0.3) is 5.91 Å². The highest BCUT2D eigenvalue weighted by atomic mass is 35.5. The molecule has 0 radical (unpaired) electrons. The van der Waals surface area contributed by atoms with Crippen LogP contribution in [0.1, 0.15) is 49.7 Å². The molecule has 0 bridgehead atoms. The van der Waals surface area contributed by atoms with Gasteiger partial charge in [-0.3, -0.25) is 4.79 Å². The average Bonchev–Trinajstić information content (AvgIpc) is 3.02. The molecule has 3 rings (SSSR count). The fraction of sp³-hybridized carbons (Fsp3) is 0.381. The first-order chi connectivity index (χ1) is 12.7. The molecular formula is C21H29Cl2N5O. The Bertz CT molecular complexity index is 992. The molecule has 2 aromatic heterocycles. The normalized spacial score (nSPS) is 11.1. The summed E-state index contributed by atoms with van der Waals surface area (Å²) in [7, 11) is 0. The van der Waals surface area contributed by atoms with Crippen LogP contribution in [0.2, 0.25) is 0 Å². The summed E-state index contributed by atoms with van der Waals surface area (Å²) in [6, 6.07) is 10.0. The maximum absolute atomic E-state index is 12.9. The minimum Gasteiger partial charge on any atom is -0.350 e. The van der Waals surface area contributed by atoms with Crippen molar-refractivity contribution in [1.82, 2.24) is 20.1 Å². The van der Waals surface area contributed by atoms with Crippen LogP contribution in [-0.2, 0) is 0 Å². The van der Waals surface area contributed by atoms with E-state index in [4.69, 9.17) is 10.7 Å². The van der Waals surface area contributed by atoms with Gasteiger partial charge in [-0.05, 0) is 46.2 Å². The predicted octanol–water partition coefficient (Wildman–Crippen LogP) is 4.30. The van der Waals surface area contributed by atoms with E-state index in [-0.39, 0.29) is 36.8 Å². The van der Waals surface area contributed by atoms with Crippen LogP contribution >= 0.6 is 24.8 Å². The minimum atomic E-state index is -0.483. The number of benzene rings is 1. The lowest BCUT2D eigenvalue weighted by Crippen LogP contribution is -2.45. The highest BCUT2D eigenvalue weighted by Crippen LogP contribution is 2.28. The number of aryl methyl sites for hydroxylation is 1. The van der Waals surface area contributed by atoms with Gasteiger partial charge in [0.2, 0.25) is 0 Å². The maximum Gasteiger partial charge on any atom is 0.252 e. The molecule has 0 aliphatic heterocycles. The van der Waals surface area contributed by atoms with Gasteiger partial charge in [0.1, 0.15) is 0 Å². The van der Waals surface area contributed by atoms with Crippen LogP contribution in [0.4, 0.5) is 0 Å². The van der Waals surface area contributed by atoms with Crippen LogP contribution in [0.15, 0.2) is 36.5 Å². The van der Waals surface area contributed by atoms with E-state index < -0.39 is 5.54 Å². The summed E-state index contributed by atoms with van der Waals surface area (Å²) in [5.41, 5.74) is 9.68. The second kappa shape index (κ2) is 9.57. The molecule has 8 heteroatoms. The van der Waals surface area contributed by atoms with Crippen molar-refractivity contribution in [2.45, 2.75) is 46.2 Å². The molecule has 158 valence electrons. The van der Waals surface area contributed by atoms with Crippen LogP contribution in [0.5, 0.6) is 0 Å². The first kappa shape index (κ1) is 24.9. The highest BCUT2D eigenvalue weighted by Gasteiger charge is 2.20. The number of aromatic nitrogens is 3. The molecule has 0 aliphatic rings. The number of rotatable bonds is 5. The zero-order valence-corrected chi connectivity index (χ0v) is 19.0. The lowest BCUT2D eigenvalue weighted by atomic mass is 10.0. The van der Waals surface area contributed by atoms with Gasteiger partial charge < -0.3 is 11.1 Å². The second-order valence-corrected chi connectivity index (χ2v) is 7.96. The molecule has 0 aliphatic carbocycles. The topological polar surface area (TPSA) is 85.8 Å². The minimum absolute atomic E-state index is 0. The summed E-state index contributed by atoms with van der Waals surface area (Å²) >= 11 is 0. The Morgan fingerprint density at radius 3 is 2.48 bits per heavy atom. The van der Waals surface area contributed by atoms with Crippen molar-refractivity contribution >= 4 is 41.8 Å². The van der Waals surface area contributed by atoms with E-state index in [2.05, 4.69) is 10.4 Å². The molecule has 2 heterocycles. The van der Waals surface area contributed by atoms with Gasteiger partial charge in [-0.25, -0.2) is 9.67 Å². The maximum atomic E-state index is 12.9. The van der Waals surface area contributed by atoms with Gasteiger partial charge in [-0.1, -0.05) is 24.3 Å². The average molecular weight is 438 g/mol. The van der Waals surface area contributed by atoms with Crippen molar-refractivity contribution in [3.63, 3.8) is 0 Å². The Labute approximate surface area is 184 Å². The summed E-state index contributed by atoms with van der Waals surface area (Å²) in [5.74, 6) is -0.168. The molecule has 0 saturated carbocycles. The van der Waals surface area contributed by atoms with E-state index in [0.29, 0.717) is 17.8 Å². The summed E-state index contributed by atoms with van der Waals surface area (Å²) in [6.45, 7) is 10.3. The van der Waals surface area contributed by atoms with Crippen molar-refractivity contribution < 1.29 is 4.79 Å². The number of amides is 1. The molecule has 0 atom stereocenters. The zero-order chi connectivity index (χ0) is 19.8. The second-order valence-electron chi connectivity index (χ2n) is 7.96. The van der Waals surface area contributed by atoms with Crippen LogP contribution in [-0.4, -0.2) is 32.8 Å². The number of carbonyl (C=O) groups is 1. The van der Waals surface area contributed by atoms with E-state index in [9.17, 15) is 4.79 Å². The molecule has 0 unspecified atom stereocenters. The Morgan fingerprint density at radius 1 is 1.24 bits per heavy atom. The third kappa shape index (κ3) is 5.47. The molecule has 1 amide bonds. The summed E-state index contributed by atoms with van der Waals surface area (Å²) in [5, 5.41) is 8.13. The lowest BCUT2D eigenvalue weighted by molar-refractivity contribution is 0.0947. The number of hydrogen-bond acceptors (Lipinski definition) is 4. The SMILES string of the molecule is Cc1ccccc1-c1cc(C(=O)NCC(C)(C)N)c2cnn(C(C)C)c2n1.Cl.Cl. The predicted molar refractivity (Wildman–Crippen MR) is 123 cm³/mol. The first-order valence-corrected chi connectivity index (χ1v) is 9.19. The van der Waals surface area contributed by atoms with Crippen molar-refractivity contribution in [2.75, 3.05) is 6.54 Å². The number of halogens is 2. The fourth-order valence-electron chi connectivity index (χ4n) is 2.99. The van der Waals surface area contributed by atoms with E-state index in [1.165, 1.54) is 0 Å². The number of fused-ring (bicyclic) bond motifs is 1. The van der Waals surface area contributed by atoms with Gasteiger partial charge in [-0.15, -0.1) is 24.8 Å². The first-order valence-electron chi connectivity index (χ1n) is 9.19. The Balaban J connectivity index is 0.00000210. The van der Waals surface area contributed by atoms with Gasteiger partial charge in [0.15, 0.2) is 5.65 Å². The number of nitrogens with two attached hydrogens (primary N) is 1. The lowest BCUT2D eigenvalue weighted by Gasteiger charge is -2.19. The molecular weight excluding hydrogens is 409 g/mol. The van der Waals surface area contributed by atoms with Crippen LogP contribution < -0.4 is 11.1 Å². The number of hydrogen-bond donors (Lipinski definition) is 2. The van der Waals surface area contributed by atoms with Gasteiger partial charge >= 0.3 is 0 Å². The summed E-state index contributed by atoms with van der Waals surface area (Å²) in [4.78, 5) is 17.8. The van der Waals surface area contributed by atoms with Crippen LogP contribution in [0.3, 0.4) is 0 Å². The van der Waals surface area contributed by atoms with Crippen molar-refractivity contribution in [3.05, 3.63) is 47.7 Å². The third-order valence-electron chi connectivity index (χ3n) is 4.43. The smallest absolute Gasteiger partial charge is 0.252 e. The molecule has 0 spiro atoms. The van der Waals surface area contributed by atoms with E-state index >= 15 is 0 Å².